The summed E-state index contributed by atoms with van der Waals surface area (Å²) in [5, 5.41) is 10.2. The Morgan fingerprint density at radius 2 is 1.61 bits per heavy atom. The molecule has 2 nitrogen and oxygen atoms in total. The van der Waals surface area contributed by atoms with Crippen LogP contribution in [0.1, 0.15) is 49.8 Å². The molecule has 1 fully saturated rings. The summed E-state index contributed by atoms with van der Waals surface area (Å²) < 4.78 is 13.1. The molecule has 28 heavy (non-hydrogen) atoms. The summed E-state index contributed by atoms with van der Waals surface area (Å²) in [6.45, 7) is 3.05. The molecular formula is C25H29FN2. The maximum absolute atomic E-state index is 13.1. The second-order valence-electron chi connectivity index (χ2n) is 7.96. The molecule has 0 saturated heterocycles. The van der Waals surface area contributed by atoms with Crippen LogP contribution in [-0.4, -0.2) is 12.1 Å². The van der Waals surface area contributed by atoms with E-state index in [1.165, 1.54) is 54.2 Å². The first kappa shape index (κ1) is 19.1. The molecule has 1 aliphatic rings. The minimum atomic E-state index is -0.176. The molecule has 3 heteroatoms. The number of nitrogens with one attached hydrogen (secondary N) is 2. The highest BCUT2D eigenvalue weighted by Crippen LogP contribution is 2.27. The van der Waals surface area contributed by atoms with E-state index in [0.29, 0.717) is 18.1 Å². The van der Waals surface area contributed by atoms with Crippen LogP contribution in [0.2, 0.25) is 0 Å². The summed E-state index contributed by atoms with van der Waals surface area (Å²) in [6.07, 6.45) is 4.91. The van der Waals surface area contributed by atoms with Crippen LogP contribution in [0.5, 0.6) is 0 Å². The highest BCUT2D eigenvalue weighted by molar-refractivity contribution is 5.86. The maximum Gasteiger partial charge on any atom is 0.123 e. The summed E-state index contributed by atoms with van der Waals surface area (Å²) in [4.78, 5) is 0. The number of rotatable bonds is 6. The molecule has 3 aromatic rings. The van der Waals surface area contributed by atoms with Gasteiger partial charge in [0.2, 0.25) is 0 Å². The third kappa shape index (κ3) is 4.43. The lowest BCUT2D eigenvalue weighted by molar-refractivity contribution is 0.267. The third-order valence-electron chi connectivity index (χ3n) is 6.00. The maximum atomic E-state index is 13.1. The van der Waals surface area contributed by atoms with Gasteiger partial charge in [-0.1, -0.05) is 67.4 Å². The van der Waals surface area contributed by atoms with Gasteiger partial charge in [-0.05, 0) is 53.8 Å². The van der Waals surface area contributed by atoms with Gasteiger partial charge in [-0.15, -0.1) is 0 Å². The Morgan fingerprint density at radius 3 is 2.43 bits per heavy atom. The zero-order chi connectivity index (χ0) is 19.3. The lowest BCUT2D eigenvalue weighted by Crippen LogP contribution is -2.50. The lowest BCUT2D eigenvalue weighted by Gasteiger charge is -2.35. The summed E-state index contributed by atoms with van der Waals surface area (Å²) >= 11 is 0. The molecule has 146 valence electrons. The van der Waals surface area contributed by atoms with Gasteiger partial charge in [-0.2, -0.15) is 0 Å². The molecule has 0 spiro atoms. The predicted molar refractivity (Wildman–Crippen MR) is 115 cm³/mol. The van der Waals surface area contributed by atoms with E-state index in [4.69, 9.17) is 0 Å². The quantitative estimate of drug-likeness (QED) is 0.574. The van der Waals surface area contributed by atoms with Crippen molar-refractivity contribution in [3.63, 3.8) is 0 Å². The molecule has 1 aliphatic carbocycles. The topological polar surface area (TPSA) is 24.1 Å². The van der Waals surface area contributed by atoms with Crippen LogP contribution in [0.3, 0.4) is 0 Å². The average molecular weight is 377 g/mol. The zero-order valence-corrected chi connectivity index (χ0v) is 16.5. The van der Waals surface area contributed by atoms with Crippen molar-refractivity contribution in [2.24, 2.45) is 0 Å². The summed E-state index contributed by atoms with van der Waals surface area (Å²) in [6, 6.07) is 23.2. The SMILES string of the molecule is CC(N[C@H]1CCCCC1NCc1ccc(F)cc1)c1cccc2ccccc12. The Hall–Kier alpha value is -2.23. The van der Waals surface area contributed by atoms with Gasteiger partial charge in [-0.25, -0.2) is 4.39 Å². The number of benzene rings is 3. The molecule has 0 amide bonds. The molecule has 0 aromatic heterocycles. The Bertz CT molecular complexity index is 901. The fraction of sp³-hybridized carbons (Fsp3) is 0.360. The fourth-order valence-electron chi connectivity index (χ4n) is 4.46. The van der Waals surface area contributed by atoms with E-state index in [0.717, 1.165) is 12.1 Å². The molecule has 0 heterocycles. The molecule has 3 atom stereocenters. The van der Waals surface area contributed by atoms with Crippen molar-refractivity contribution in [3.8, 4) is 0 Å². The van der Waals surface area contributed by atoms with Crippen molar-refractivity contribution < 1.29 is 4.39 Å². The van der Waals surface area contributed by atoms with Crippen LogP contribution in [0.4, 0.5) is 4.39 Å². The largest absolute Gasteiger partial charge is 0.308 e. The molecule has 4 rings (SSSR count). The number of fused-ring (bicyclic) bond motifs is 1. The average Bonchev–Trinajstić information content (AvgIpc) is 2.74. The van der Waals surface area contributed by atoms with Gasteiger partial charge in [0.15, 0.2) is 0 Å². The number of hydrogen-bond acceptors (Lipinski definition) is 2. The molecule has 2 unspecified atom stereocenters. The van der Waals surface area contributed by atoms with Gasteiger partial charge in [0.25, 0.3) is 0 Å². The molecule has 0 radical (unpaired) electrons. The van der Waals surface area contributed by atoms with E-state index in [1.807, 2.05) is 12.1 Å². The van der Waals surface area contributed by atoms with Crippen molar-refractivity contribution >= 4 is 10.8 Å². The second-order valence-corrected chi connectivity index (χ2v) is 7.96. The van der Waals surface area contributed by atoms with E-state index in [2.05, 4.69) is 60.0 Å². The normalized spacial score (nSPS) is 20.9. The van der Waals surface area contributed by atoms with E-state index in [1.54, 1.807) is 0 Å². The van der Waals surface area contributed by atoms with Gasteiger partial charge in [0.1, 0.15) is 5.82 Å². The minimum Gasteiger partial charge on any atom is -0.308 e. The van der Waals surface area contributed by atoms with E-state index >= 15 is 0 Å². The molecule has 0 bridgehead atoms. The standard InChI is InChI=1S/C25H29FN2/c1-18(22-10-6-8-20-7-2-3-9-23(20)22)28-25-12-5-4-11-24(25)27-17-19-13-15-21(26)16-14-19/h2-3,6-10,13-16,18,24-25,27-28H,4-5,11-12,17H2,1H3/t18?,24?,25-/m0/s1. The van der Waals surface area contributed by atoms with Crippen molar-refractivity contribution in [1.82, 2.24) is 10.6 Å². The van der Waals surface area contributed by atoms with Crippen LogP contribution < -0.4 is 10.6 Å². The van der Waals surface area contributed by atoms with Crippen LogP contribution in [0.15, 0.2) is 66.7 Å². The molecule has 1 saturated carbocycles. The highest BCUT2D eigenvalue weighted by atomic mass is 19.1. The van der Waals surface area contributed by atoms with Crippen molar-refractivity contribution in [1.29, 1.82) is 0 Å². The molecule has 0 aliphatic heterocycles. The predicted octanol–water partition coefficient (Wildman–Crippen LogP) is 5.73. The Morgan fingerprint density at radius 1 is 0.893 bits per heavy atom. The van der Waals surface area contributed by atoms with Crippen LogP contribution >= 0.6 is 0 Å². The van der Waals surface area contributed by atoms with Crippen molar-refractivity contribution in [2.45, 2.75) is 57.3 Å². The first-order valence-electron chi connectivity index (χ1n) is 10.4. The summed E-state index contributed by atoms with van der Waals surface area (Å²) in [7, 11) is 0. The minimum absolute atomic E-state index is 0.176. The van der Waals surface area contributed by atoms with Crippen molar-refractivity contribution in [2.75, 3.05) is 0 Å². The van der Waals surface area contributed by atoms with Gasteiger partial charge >= 0.3 is 0 Å². The van der Waals surface area contributed by atoms with E-state index in [-0.39, 0.29) is 5.82 Å². The van der Waals surface area contributed by atoms with Crippen LogP contribution in [0.25, 0.3) is 10.8 Å². The smallest absolute Gasteiger partial charge is 0.123 e. The van der Waals surface area contributed by atoms with Gasteiger partial charge in [0, 0.05) is 24.7 Å². The summed E-state index contributed by atoms with van der Waals surface area (Å²) in [5.41, 5.74) is 2.49. The second kappa shape index (κ2) is 8.85. The van der Waals surface area contributed by atoms with E-state index < -0.39 is 0 Å². The molecular weight excluding hydrogens is 347 g/mol. The fourth-order valence-corrected chi connectivity index (χ4v) is 4.46. The van der Waals surface area contributed by atoms with E-state index in [9.17, 15) is 4.39 Å². The first-order chi connectivity index (χ1) is 13.7. The number of hydrogen-bond donors (Lipinski definition) is 2. The van der Waals surface area contributed by atoms with Crippen LogP contribution in [0, 0.1) is 5.82 Å². The lowest BCUT2D eigenvalue weighted by atomic mass is 9.88. The first-order valence-corrected chi connectivity index (χ1v) is 10.4. The zero-order valence-electron chi connectivity index (χ0n) is 16.5. The third-order valence-corrected chi connectivity index (χ3v) is 6.00. The van der Waals surface area contributed by atoms with Gasteiger partial charge in [-0.3, -0.25) is 0 Å². The molecule has 2 N–H and O–H groups in total. The van der Waals surface area contributed by atoms with Gasteiger partial charge in [0.05, 0.1) is 0 Å². The Labute approximate surface area is 167 Å². The highest BCUT2D eigenvalue weighted by Gasteiger charge is 2.26. The monoisotopic (exact) mass is 376 g/mol. The van der Waals surface area contributed by atoms with Crippen molar-refractivity contribution in [3.05, 3.63) is 83.7 Å². The Kier molecular flexibility index (Phi) is 6.04. The summed E-state index contributed by atoms with van der Waals surface area (Å²) in [5.74, 6) is -0.176. The Balaban J connectivity index is 1.44. The van der Waals surface area contributed by atoms with Crippen LogP contribution in [-0.2, 0) is 6.54 Å². The molecule has 3 aromatic carbocycles. The van der Waals surface area contributed by atoms with Gasteiger partial charge < -0.3 is 10.6 Å². The number of halogens is 1.